The zero-order valence-electron chi connectivity index (χ0n) is 10.1. The van der Waals surface area contributed by atoms with Crippen molar-refractivity contribution in [1.82, 2.24) is 10.6 Å². The third kappa shape index (κ3) is 5.14. The molecule has 0 bridgehead atoms. The van der Waals surface area contributed by atoms with E-state index in [9.17, 15) is 4.79 Å². The van der Waals surface area contributed by atoms with Gasteiger partial charge in [-0.1, -0.05) is 13.3 Å². The maximum Gasteiger partial charge on any atom is 0.237 e. The van der Waals surface area contributed by atoms with Gasteiger partial charge in [0.05, 0.1) is 18.7 Å². The first-order valence-electron chi connectivity index (χ1n) is 5.80. The summed E-state index contributed by atoms with van der Waals surface area (Å²) in [7, 11) is 1.66. The fourth-order valence-electron chi connectivity index (χ4n) is 1.84. The van der Waals surface area contributed by atoms with E-state index >= 15 is 0 Å². The molecule has 2 atom stereocenters. The molecule has 2 unspecified atom stereocenters. The lowest BCUT2D eigenvalue weighted by Gasteiger charge is -2.25. The number of piperidine rings is 1. The molecule has 0 aromatic heterocycles. The van der Waals surface area contributed by atoms with Gasteiger partial charge in [0.15, 0.2) is 0 Å². The number of carbonyl (C=O) groups is 1. The molecule has 2 N–H and O–H groups in total. The Labute approximate surface area is 104 Å². The Balaban J connectivity index is 0.00000225. The fraction of sp³-hybridized carbons (Fsp3) is 0.909. The van der Waals surface area contributed by atoms with Crippen LogP contribution >= 0.6 is 12.4 Å². The first kappa shape index (κ1) is 15.7. The van der Waals surface area contributed by atoms with E-state index < -0.39 is 0 Å². The van der Waals surface area contributed by atoms with Gasteiger partial charge in [-0.15, -0.1) is 12.4 Å². The van der Waals surface area contributed by atoms with Crippen molar-refractivity contribution in [2.45, 2.75) is 44.7 Å². The standard InChI is InChI=1S/C11H22N2O2.ClH/c1-3-9(8-15-2)13-11(14)10-6-4-5-7-12-10;/h9-10,12H,3-8H2,1-2H3,(H,13,14);1H. The van der Waals surface area contributed by atoms with Crippen LogP contribution in [0, 0.1) is 0 Å². The highest BCUT2D eigenvalue weighted by atomic mass is 35.5. The number of hydrogen-bond acceptors (Lipinski definition) is 3. The quantitative estimate of drug-likeness (QED) is 0.768. The molecule has 1 heterocycles. The van der Waals surface area contributed by atoms with Gasteiger partial charge in [0.25, 0.3) is 0 Å². The zero-order valence-corrected chi connectivity index (χ0v) is 10.9. The van der Waals surface area contributed by atoms with Gasteiger partial charge >= 0.3 is 0 Å². The highest BCUT2D eigenvalue weighted by molar-refractivity contribution is 5.85. The minimum absolute atomic E-state index is 0. The summed E-state index contributed by atoms with van der Waals surface area (Å²) in [5.41, 5.74) is 0. The Morgan fingerprint density at radius 2 is 2.31 bits per heavy atom. The topological polar surface area (TPSA) is 50.4 Å². The average molecular weight is 251 g/mol. The van der Waals surface area contributed by atoms with Crippen molar-refractivity contribution < 1.29 is 9.53 Å². The number of amides is 1. The maximum absolute atomic E-state index is 11.8. The minimum Gasteiger partial charge on any atom is -0.383 e. The highest BCUT2D eigenvalue weighted by Crippen LogP contribution is 2.07. The first-order chi connectivity index (χ1) is 7.27. The van der Waals surface area contributed by atoms with Crippen molar-refractivity contribution in [1.29, 1.82) is 0 Å². The molecule has 0 aromatic carbocycles. The van der Waals surface area contributed by atoms with Gasteiger partial charge in [0.2, 0.25) is 5.91 Å². The van der Waals surface area contributed by atoms with Crippen LogP contribution in [0.3, 0.4) is 0 Å². The fourth-order valence-corrected chi connectivity index (χ4v) is 1.84. The molecule has 4 nitrogen and oxygen atoms in total. The molecule has 0 aromatic rings. The summed E-state index contributed by atoms with van der Waals surface area (Å²) in [5, 5.41) is 6.25. The third-order valence-corrected chi connectivity index (χ3v) is 2.83. The molecule has 1 rings (SSSR count). The van der Waals surface area contributed by atoms with Gasteiger partial charge in [-0.05, 0) is 25.8 Å². The molecule has 96 valence electrons. The Morgan fingerprint density at radius 1 is 1.56 bits per heavy atom. The predicted molar refractivity (Wildman–Crippen MR) is 67.0 cm³/mol. The van der Waals surface area contributed by atoms with Crippen molar-refractivity contribution in [2.24, 2.45) is 0 Å². The molecule has 1 aliphatic heterocycles. The van der Waals surface area contributed by atoms with E-state index in [2.05, 4.69) is 17.6 Å². The lowest BCUT2D eigenvalue weighted by atomic mass is 10.0. The second kappa shape index (κ2) is 8.79. The summed E-state index contributed by atoms with van der Waals surface area (Å²) in [4.78, 5) is 11.8. The molecule has 0 saturated carbocycles. The molecule has 0 radical (unpaired) electrons. The van der Waals surface area contributed by atoms with Crippen molar-refractivity contribution in [2.75, 3.05) is 20.3 Å². The number of halogens is 1. The van der Waals surface area contributed by atoms with E-state index in [1.807, 2.05) is 0 Å². The third-order valence-electron chi connectivity index (χ3n) is 2.83. The van der Waals surface area contributed by atoms with Crippen molar-refractivity contribution in [3.8, 4) is 0 Å². The van der Waals surface area contributed by atoms with E-state index in [1.165, 1.54) is 6.42 Å². The van der Waals surface area contributed by atoms with Gasteiger partial charge in [-0.25, -0.2) is 0 Å². The van der Waals surface area contributed by atoms with E-state index in [-0.39, 0.29) is 30.4 Å². The Bertz CT molecular complexity index is 196. The largest absolute Gasteiger partial charge is 0.383 e. The van der Waals surface area contributed by atoms with Crippen molar-refractivity contribution in [3.63, 3.8) is 0 Å². The molecule has 0 spiro atoms. The van der Waals surface area contributed by atoms with Crippen LogP contribution in [0.4, 0.5) is 0 Å². The van der Waals surface area contributed by atoms with Gasteiger partial charge in [-0.2, -0.15) is 0 Å². The van der Waals surface area contributed by atoms with Crippen molar-refractivity contribution >= 4 is 18.3 Å². The SMILES string of the molecule is CCC(COC)NC(=O)C1CCCCN1.Cl. The van der Waals surface area contributed by atoms with E-state index in [0.717, 1.165) is 25.8 Å². The summed E-state index contributed by atoms with van der Waals surface area (Å²) >= 11 is 0. The number of nitrogens with one attached hydrogen (secondary N) is 2. The highest BCUT2D eigenvalue weighted by Gasteiger charge is 2.22. The van der Waals surface area contributed by atoms with Gasteiger partial charge < -0.3 is 15.4 Å². The van der Waals surface area contributed by atoms with Crippen molar-refractivity contribution in [3.05, 3.63) is 0 Å². The Kier molecular flexibility index (Phi) is 8.61. The predicted octanol–water partition coefficient (Wildman–Crippen LogP) is 1.09. The van der Waals surface area contributed by atoms with E-state index in [4.69, 9.17) is 4.74 Å². The van der Waals surface area contributed by atoms with Gasteiger partial charge in [0, 0.05) is 7.11 Å². The Morgan fingerprint density at radius 3 is 2.81 bits per heavy atom. The van der Waals surface area contributed by atoms with Crippen LogP contribution in [-0.2, 0) is 9.53 Å². The number of methoxy groups -OCH3 is 1. The zero-order chi connectivity index (χ0) is 11.1. The van der Waals surface area contributed by atoms with Crippen LogP contribution < -0.4 is 10.6 Å². The van der Waals surface area contributed by atoms with Gasteiger partial charge in [0.1, 0.15) is 0 Å². The molecule has 0 aliphatic carbocycles. The lowest BCUT2D eigenvalue weighted by Crippen LogP contribution is -2.50. The van der Waals surface area contributed by atoms with Crippen LogP contribution in [0.25, 0.3) is 0 Å². The van der Waals surface area contributed by atoms with Crippen LogP contribution in [0.5, 0.6) is 0 Å². The molecule has 1 saturated heterocycles. The summed E-state index contributed by atoms with van der Waals surface area (Å²) in [6.07, 6.45) is 4.19. The maximum atomic E-state index is 11.8. The van der Waals surface area contributed by atoms with Crippen LogP contribution in [0.1, 0.15) is 32.6 Å². The number of hydrogen-bond donors (Lipinski definition) is 2. The van der Waals surface area contributed by atoms with Crippen LogP contribution in [0.2, 0.25) is 0 Å². The molecule has 1 amide bonds. The number of rotatable bonds is 5. The molecular weight excluding hydrogens is 228 g/mol. The van der Waals surface area contributed by atoms with Gasteiger partial charge in [-0.3, -0.25) is 4.79 Å². The second-order valence-electron chi connectivity index (χ2n) is 4.07. The summed E-state index contributed by atoms with van der Waals surface area (Å²) in [5.74, 6) is 0.124. The monoisotopic (exact) mass is 250 g/mol. The molecule has 1 aliphatic rings. The average Bonchev–Trinajstić information content (AvgIpc) is 2.29. The second-order valence-corrected chi connectivity index (χ2v) is 4.07. The lowest BCUT2D eigenvalue weighted by molar-refractivity contribution is -0.124. The summed E-state index contributed by atoms with van der Waals surface area (Å²) in [6, 6.07) is 0.149. The van der Waals surface area contributed by atoms with Crippen LogP contribution in [0.15, 0.2) is 0 Å². The summed E-state index contributed by atoms with van der Waals surface area (Å²) < 4.78 is 5.05. The van der Waals surface area contributed by atoms with E-state index in [0.29, 0.717) is 6.61 Å². The Hall–Kier alpha value is -0.320. The smallest absolute Gasteiger partial charge is 0.237 e. The first-order valence-corrected chi connectivity index (χ1v) is 5.80. The number of ether oxygens (including phenoxy) is 1. The van der Waals surface area contributed by atoms with E-state index in [1.54, 1.807) is 7.11 Å². The van der Waals surface area contributed by atoms with Crippen LogP contribution in [-0.4, -0.2) is 38.3 Å². The normalized spacial score (nSPS) is 22.0. The molecule has 5 heteroatoms. The molecule has 1 fully saturated rings. The molecule has 16 heavy (non-hydrogen) atoms. The molecular formula is C11H23ClN2O2. The number of carbonyl (C=O) groups excluding carboxylic acids is 1. The minimum atomic E-state index is 0. The summed E-state index contributed by atoms with van der Waals surface area (Å²) in [6.45, 7) is 3.60.